The summed E-state index contributed by atoms with van der Waals surface area (Å²) in [5.74, 6) is 0.934. The van der Waals surface area contributed by atoms with Gasteiger partial charge in [0.15, 0.2) is 0 Å². The number of phenols is 1. The summed E-state index contributed by atoms with van der Waals surface area (Å²) in [5, 5.41) is 13.3. The Labute approximate surface area is 120 Å². The number of phenolic OH excluding ortho intramolecular Hbond substituents is 1. The van der Waals surface area contributed by atoms with E-state index in [1.165, 1.54) is 11.1 Å². The number of methoxy groups -OCH3 is 1. The average Bonchev–Trinajstić information content (AvgIpc) is 2.49. The number of ether oxygens (including phenoxy) is 1. The van der Waals surface area contributed by atoms with Crippen molar-refractivity contribution < 1.29 is 9.84 Å². The third-order valence-corrected chi connectivity index (χ3v) is 3.42. The molecule has 0 aliphatic heterocycles. The zero-order valence-corrected chi connectivity index (χ0v) is 12.0. The van der Waals surface area contributed by atoms with Crippen molar-refractivity contribution in [2.45, 2.75) is 26.4 Å². The first-order chi connectivity index (χ1) is 9.74. The van der Waals surface area contributed by atoms with Crippen molar-refractivity contribution in [2.75, 3.05) is 7.11 Å². The first-order valence-corrected chi connectivity index (χ1v) is 6.88. The molecule has 20 heavy (non-hydrogen) atoms. The molecule has 0 saturated heterocycles. The van der Waals surface area contributed by atoms with E-state index >= 15 is 0 Å². The number of aryl methyl sites for hydroxylation is 1. The Balaban J connectivity index is 1.96. The van der Waals surface area contributed by atoms with Gasteiger partial charge in [-0.25, -0.2) is 0 Å². The Morgan fingerprint density at radius 2 is 1.70 bits per heavy atom. The van der Waals surface area contributed by atoms with Gasteiger partial charge in [-0.1, -0.05) is 37.3 Å². The zero-order chi connectivity index (χ0) is 14.4. The van der Waals surface area contributed by atoms with Gasteiger partial charge >= 0.3 is 0 Å². The largest absolute Gasteiger partial charge is 0.507 e. The Morgan fingerprint density at radius 3 is 2.35 bits per heavy atom. The summed E-state index contributed by atoms with van der Waals surface area (Å²) in [6, 6.07) is 13.8. The van der Waals surface area contributed by atoms with Crippen LogP contribution in [0, 0.1) is 0 Å². The Kier molecular flexibility index (Phi) is 5.02. The Hall–Kier alpha value is -2.00. The van der Waals surface area contributed by atoms with Crippen molar-refractivity contribution in [3.8, 4) is 11.5 Å². The van der Waals surface area contributed by atoms with Crippen LogP contribution in [-0.2, 0) is 19.5 Å². The van der Waals surface area contributed by atoms with Gasteiger partial charge in [-0.3, -0.25) is 0 Å². The van der Waals surface area contributed by atoms with Crippen LogP contribution in [0.4, 0.5) is 0 Å². The van der Waals surface area contributed by atoms with Crippen LogP contribution in [0.2, 0.25) is 0 Å². The summed E-state index contributed by atoms with van der Waals surface area (Å²) in [4.78, 5) is 0. The molecule has 2 aromatic carbocycles. The lowest BCUT2D eigenvalue weighted by molar-refractivity contribution is 0.406. The summed E-state index contributed by atoms with van der Waals surface area (Å²) in [7, 11) is 1.59. The fraction of sp³-hybridized carbons (Fsp3) is 0.294. The number of aromatic hydroxyl groups is 1. The van der Waals surface area contributed by atoms with Gasteiger partial charge in [0, 0.05) is 24.7 Å². The van der Waals surface area contributed by atoms with E-state index in [0.717, 1.165) is 18.5 Å². The van der Waals surface area contributed by atoms with E-state index in [9.17, 15) is 5.11 Å². The molecule has 0 atom stereocenters. The first kappa shape index (κ1) is 14.4. The number of hydrogen-bond acceptors (Lipinski definition) is 3. The van der Waals surface area contributed by atoms with Crippen LogP contribution in [0.25, 0.3) is 0 Å². The highest BCUT2D eigenvalue weighted by molar-refractivity contribution is 5.39. The number of rotatable bonds is 6. The van der Waals surface area contributed by atoms with Crippen LogP contribution in [0.5, 0.6) is 11.5 Å². The molecule has 2 rings (SSSR count). The van der Waals surface area contributed by atoms with E-state index in [2.05, 4.69) is 36.5 Å². The summed E-state index contributed by atoms with van der Waals surface area (Å²) in [6.07, 6.45) is 1.03. The molecule has 0 spiro atoms. The minimum absolute atomic E-state index is 0.264. The maximum atomic E-state index is 9.90. The predicted octanol–water partition coefficient (Wildman–Crippen LogP) is 3.25. The van der Waals surface area contributed by atoms with Gasteiger partial charge in [-0.15, -0.1) is 0 Å². The van der Waals surface area contributed by atoms with Crippen LogP contribution in [0.1, 0.15) is 23.6 Å². The van der Waals surface area contributed by atoms with Crippen LogP contribution in [0.3, 0.4) is 0 Å². The third kappa shape index (κ3) is 3.52. The van der Waals surface area contributed by atoms with Crippen LogP contribution in [0.15, 0.2) is 42.5 Å². The van der Waals surface area contributed by atoms with Gasteiger partial charge in [0.2, 0.25) is 0 Å². The van der Waals surface area contributed by atoms with Gasteiger partial charge in [-0.05, 0) is 23.6 Å². The fourth-order valence-electron chi connectivity index (χ4n) is 2.23. The van der Waals surface area contributed by atoms with Gasteiger partial charge in [0.1, 0.15) is 11.5 Å². The summed E-state index contributed by atoms with van der Waals surface area (Å²) in [5.41, 5.74) is 3.54. The molecule has 0 aromatic heterocycles. The molecule has 0 unspecified atom stereocenters. The van der Waals surface area contributed by atoms with Crippen LogP contribution >= 0.6 is 0 Å². The molecule has 106 valence electrons. The first-order valence-electron chi connectivity index (χ1n) is 6.88. The second kappa shape index (κ2) is 6.96. The molecule has 0 amide bonds. The molecule has 2 N–H and O–H groups in total. The molecular formula is C17H21NO2. The molecule has 0 saturated carbocycles. The monoisotopic (exact) mass is 271 g/mol. The van der Waals surface area contributed by atoms with E-state index in [1.807, 2.05) is 12.1 Å². The minimum atomic E-state index is 0.264. The topological polar surface area (TPSA) is 41.5 Å². The van der Waals surface area contributed by atoms with Crippen LogP contribution in [-0.4, -0.2) is 12.2 Å². The molecule has 0 fully saturated rings. The molecule has 0 aliphatic carbocycles. The third-order valence-electron chi connectivity index (χ3n) is 3.42. The quantitative estimate of drug-likeness (QED) is 0.847. The van der Waals surface area contributed by atoms with Crippen molar-refractivity contribution >= 4 is 0 Å². The molecule has 3 nitrogen and oxygen atoms in total. The van der Waals surface area contributed by atoms with Crippen molar-refractivity contribution in [1.82, 2.24) is 5.32 Å². The smallest absolute Gasteiger partial charge is 0.123 e. The normalized spacial score (nSPS) is 10.5. The maximum absolute atomic E-state index is 9.90. The highest BCUT2D eigenvalue weighted by atomic mass is 16.5. The standard InChI is InChI=1S/C17H21NO2/c1-3-13-6-4-5-7-14(13)11-18-12-15-8-9-16(20-2)10-17(15)19/h4-10,18-19H,3,11-12H2,1-2H3. The molecule has 0 aliphatic rings. The zero-order valence-electron chi connectivity index (χ0n) is 12.0. The highest BCUT2D eigenvalue weighted by Gasteiger charge is 2.04. The minimum Gasteiger partial charge on any atom is -0.507 e. The SMILES string of the molecule is CCc1ccccc1CNCc1ccc(OC)cc1O. The average molecular weight is 271 g/mol. The summed E-state index contributed by atoms with van der Waals surface area (Å²) in [6.45, 7) is 3.59. The lowest BCUT2D eigenvalue weighted by Crippen LogP contribution is -2.14. The highest BCUT2D eigenvalue weighted by Crippen LogP contribution is 2.23. The lowest BCUT2D eigenvalue weighted by Gasteiger charge is -2.11. The molecule has 0 radical (unpaired) electrons. The van der Waals surface area contributed by atoms with Crippen molar-refractivity contribution in [3.05, 3.63) is 59.2 Å². The maximum Gasteiger partial charge on any atom is 0.123 e. The number of hydrogen-bond donors (Lipinski definition) is 2. The van der Waals surface area contributed by atoms with E-state index in [-0.39, 0.29) is 5.75 Å². The fourth-order valence-corrected chi connectivity index (χ4v) is 2.23. The molecule has 2 aromatic rings. The van der Waals surface area contributed by atoms with Crippen LogP contribution < -0.4 is 10.1 Å². The molecule has 0 heterocycles. The van der Waals surface area contributed by atoms with Gasteiger partial charge in [0.25, 0.3) is 0 Å². The number of benzene rings is 2. The number of nitrogens with one attached hydrogen (secondary N) is 1. The van der Waals surface area contributed by atoms with Crippen molar-refractivity contribution in [2.24, 2.45) is 0 Å². The van der Waals surface area contributed by atoms with Gasteiger partial charge in [0.05, 0.1) is 7.11 Å². The second-order valence-electron chi connectivity index (χ2n) is 4.72. The van der Waals surface area contributed by atoms with Gasteiger partial charge < -0.3 is 15.2 Å². The van der Waals surface area contributed by atoms with E-state index in [0.29, 0.717) is 12.3 Å². The lowest BCUT2D eigenvalue weighted by atomic mass is 10.1. The van der Waals surface area contributed by atoms with Crippen molar-refractivity contribution in [1.29, 1.82) is 0 Å². The van der Waals surface area contributed by atoms with Gasteiger partial charge in [-0.2, -0.15) is 0 Å². The van der Waals surface area contributed by atoms with E-state index in [1.54, 1.807) is 13.2 Å². The Bertz CT molecular complexity index is 567. The van der Waals surface area contributed by atoms with E-state index in [4.69, 9.17) is 4.74 Å². The van der Waals surface area contributed by atoms with E-state index < -0.39 is 0 Å². The molecule has 0 bridgehead atoms. The van der Waals surface area contributed by atoms with Crippen molar-refractivity contribution in [3.63, 3.8) is 0 Å². The Morgan fingerprint density at radius 1 is 1.00 bits per heavy atom. The molecular weight excluding hydrogens is 250 g/mol. The molecule has 3 heteroatoms. The second-order valence-corrected chi connectivity index (χ2v) is 4.72. The predicted molar refractivity (Wildman–Crippen MR) is 81.0 cm³/mol. The summed E-state index contributed by atoms with van der Waals surface area (Å²) < 4.78 is 5.07. The summed E-state index contributed by atoms with van der Waals surface area (Å²) >= 11 is 0.